The van der Waals surface area contributed by atoms with Crippen LogP contribution in [0.15, 0.2) is 24.3 Å². The molecule has 1 aliphatic heterocycles. The molecule has 3 rings (SSSR count). The maximum absolute atomic E-state index is 5.27. The number of nitrogens with zero attached hydrogens (tertiary/aromatic N) is 1. The zero-order chi connectivity index (χ0) is 13.1. The van der Waals surface area contributed by atoms with Crippen molar-refractivity contribution in [2.75, 3.05) is 33.3 Å². The second-order valence-electron chi connectivity index (χ2n) is 5.69. The van der Waals surface area contributed by atoms with Gasteiger partial charge in [0.2, 0.25) is 0 Å². The minimum absolute atomic E-state index is 0.613. The zero-order valence-corrected chi connectivity index (χ0v) is 11.8. The summed E-state index contributed by atoms with van der Waals surface area (Å²) in [6.45, 7) is 4.60. The number of rotatable bonds is 4. The number of ether oxygens (including phenoxy) is 1. The fourth-order valence-corrected chi connectivity index (χ4v) is 3.30. The summed E-state index contributed by atoms with van der Waals surface area (Å²) in [5.41, 5.74) is 1.47. The lowest BCUT2D eigenvalue weighted by Crippen LogP contribution is -2.47. The Labute approximate surface area is 115 Å². The van der Waals surface area contributed by atoms with Gasteiger partial charge in [-0.05, 0) is 36.5 Å². The molecule has 19 heavy (non-hydrogen) atoms. The van der Waals surface area contributed by atoms with Gasteiger partial charge in [0.15, 0.2) is 0 Å². The van der Waals surface area contributed by atoms with E-state index in [2.05, 4.69) is 34.5 Å². The molecule has 1 heterocycles. The number of methoxy groups -OCH3 is 1. The average Bonchev–Trinajstić information content (AvgIpc) is 2.44. The lowest BCUT2D eigenvalue weighted by atomic mass is 9.76. The van der Waals surface area contributed by atoms with Gasteiger partial charge in [-0.1, -0.05) is 18.6 Å². The SMILES string of the molecule is COc1ccc(C(C2CCC2)N2CCNCC2)cc1. The Kier molecular flexibility index (Phi) is 4.04. The molecular weight excluding hydrogens is 236 g/mol. The minimum atomic E-state index is 0.613. The van der Waals surface area contributed by atoms with Crippen LogP contribution in [-0.2, 0) is 0 Å². The highest BCUT2D eigenvalue weighted by atomic mass is 16.5. The van der Waals surface area contributed by atoms with Crippen LogP contribution in [0.2, 0.25) is 0 Å². The molecule has 1 aromatic rings. The number of benzene rings is 1. The van der Waals surface area contributed by atoms with Crippen molar-refractivity contribution < 1.29 is 4.74 Å². The standard InChI is InChI=1S/C16H24N2O/c1-19-15-7-5-14(6-8-15)16(13-3-2-4-13)18-11-9-17-10-12-18/h5-8,13,16-17H,2-4,9-12H2,1H3. The Hall–Kier alpha value is -1.06. The predicted octanol–water partition coefficient (Wildman–Crippen LogP) is 2.44. The van der Waals surface area contributed by atoms with Gasteiger partial charge >= 0.3 is 0 Å². The van der Waals surface area contributed by atoms with Crippen molar-refractivity contribution in [3.8, 4) is 5.75 Å². The second-order valence-corrected chi connectivity index (χ2v) is 5.69. The van der Waals surface area contributed by atoms with Crippen molar-refractivity contribution in [1.82, 2.24) is 10.2 Å². The highest BCUT2D eigenvalue weighted by Gasteiger charge is 2.33. The van der Waals surface area contributed by atoms with Gasteiger partial charge in [-0.15, -0.1) is 0 Å². The van der Waals surface area contributed by atoms with E-state index < -0.39 is 0 Å². The van der Waals surface area contributed by atoms with E-state index in [1.165, 1.54) is 37.9 Å². The summed E-state index contributed by atoms with van der Waals surface area (Å²) in [4.78, 5) is 2.67. The average molecular weight is 260 g/mol. The normalized spacial score (nSPS) is 22.8. The molecule has 1 atom stereocenters. The van der Waals surface area contributed by atoms with Crippen LogP contribution in [0.3, 0.4) is 0 Å². The van der Waals surface area contributed by atoms with Gasteiger partial charge in [0.25, 0.3) is 0 Å². The molecule has 0 aromatic heterocycles. The van der Waals surface area contributed by atoms with Crippen LogP contribution in [0.5, 0.6) is 5.75 Å². The number of piperazine rings is 1. The van der Waals surface area contributed by atoms with E-state index in [1.54, 1.807) is 7.11 Å². The maximum Gasteiger partial charge on any atom is 0.118 e. The van der Waals surface area contributed by atoms with Gasteiger partial charge in [-0.25, -0.2) is 0 Å². The van der Waals surface area contributed by atoms with Crippen LogP contribution in [0.25, 0.3) is 0 Å². The molecule has 1 aromatic carbocycles. The van der Waals surface area contributed by atoms with Crippen LogP contribution in [0.4, 0.5) is 0 Å². The Morgan fingerprint density at radius 2 is 1.84 bits per heavy atom. The topological polar surface area (TPSA) is 24.5 Å². The van der Waals surface area contributed by atoms with Crippen molar-refractivity contribution in [3.63, 3.8) is 0 Å². The van der Waals surface area contributed by atoms with E-state index >= 15 is 0 Å². The molecule has 1 unspecified atom stereocenters. The van der Waals surface area contributed by atoms with E-state index in [-0.39, 0.29) is 0 Å². The van der Waals surface area contributed by atoms with Gasteiger partial charge in [0.1, 0.15) is 5.75 Å². The van der Waals surface area contributed by atoms with E-state index in [1.807, 2.05) is 0 Å². The fraction of sp³-hybridized carbons (Fsp3) is 0.625. The monoisotopic (exact) mass is 260 g/mol. The van der Waals surface area contributed by atoms with Crippen LogP contribution < -0.4 is 10.1 Å². The lowest BCUT2D eigenvalue weighted by molar-refractivity contribution is 0.0837. The first-order valence-corrected chi connectivity index (χ1v) is 7.47. The fourth-order valence-electron chi connectivity index (χ4n) is 3.30. The van der Waals surface area contributed by atoms with Crippen molar-refractivity contribution in [2.24, 2.45) is 5.92 Å². The molecular formula is C16H24N2O. The molecule has 1 aliphatic carbocycles. The van der Waals surface area contributed by atoms with Crippen molar-refractivity contribution in [1.29, 1.82) is 0 Å². The first-order chi connectivity index (χ1) is 9.38. The summed E-state index contributed by atoms with van der Waals surface area (Å²) in [5, 5.41) is 3.45. The highest BCUT2D eigenvalue weighted by molar-refractivity contribution is 5.30. The van der Waals surface area contributed by atoms with Crippen molar-refractivity contribution in [2.45, 2.75) is 25.3 Å². The van der Waals surface area contributed by atoms with Crippen LogP contribution in [0.1, 0.15) is 30.9 Å². The van der Waals surface area contributed by atoms with Gasteiger partial charge in [-0.3, -0.25) is 4.90 Å². The molecule has 1 saturated heterocycles. The summed E-state index contributed by atoms with van der Waals surface area (Å²) in [5.74, 6) is 1.81. The zero-order valence-electron chi connectivity index (χ0n) is 11.8. The number of nitrogens with one attached hydrogen (secondary N) is 1. The van der Waals surface area contributed by atoms with Gasteiger partial charge in [0.05, 0.1) is 7.11 Å². The van der Waals surface area contributed by atoms with E-state index in [0.717, 1.165) is 24.8 Å². The highest BCUT2D eigenvalue weighted by Crippen LogP contribution is 2.41. The molecule has 2 fully saturated rings. The van der Waals surface area contributed by atoms with E-state index in [0.29, 0.717) is 6.04 Å². The minimum Gasteiger partial charge on any atom is -0.497 e. The predicted molar refractivity (Wildman–Crippen MR) is 77.5 cm³/mol. The Morgan fingerprint density at radius 1 is 1.16 bits per heavy atom. The van der Waals surface area contributed by atoms with Gasteiger partial charge < -0.3 is 10.1 Å². The summed E-state index contributed by atoms with van der Waals surface area (Å²) in [6.07, 6.45) is 4.19. The molecule has 2 aliphatic rings. The Balaban J connectivity index is 1.80. The Bertz CT molecular complexity index is 394. The second kappa shape index (κ2) is 5.93. The summed E-state index contributed by atoms with van der Waals surface area (Å²) in [6, 6.07) is 9.32. The van der Waals surface area contributed by atoms with Crippen molar-refractivity contribution >= 4 is 0 Å². The third-order valence-corrected chi connectivity index (χ3v) is 4.60. The largest absolute Gasteiger partial charge is 0.497 e. The molecule has 104 valence electrons. The Morgan fingerprint density at radius 3 is 2.37 bits per heavy atom. The van der Waals surface area contributed by atoms with Crippen LogP contribution in [-0.4, -0.2) is 38.2 Å². The van der Waals surface area contributed by atoms with Crippen LogP contribution >= 0.6 is 0 Å². The molecule has 0 amide bonds. The van der Waals surface area contributed by atoms with Crippen molar-refractivity contribution in [3.05, 3.63) is 29.8 Å². The van der Waals surface area contributed by atoms with Gasteiger partial charge in [0, 0.05) is 32.2 Å². The summed E-state index contributed by atoms with van der Waals surface area (Å²) in [7, 11) is 1.73. The summed E-state index contributed by atoms with van der Waals surface area (Å²) >= 11 is 0. The molecule has 3 nitrogen and oxygen atoms in total. The third kappa shape index (κ3) is 2.77. The van der Waals surface area contributed by atoms with E-state index in [4.69, 9.17) is 4.74 Å². The molecule has 3 heteroatoms. The lowest BCUT2D eigenvalue weighted by Gasteiger charge is -2.43. The molecule has 1 saturated carbocycles. The first-order valence-electron chi connectivity index (χ1n) is 7.47. The smallest absolute Gasteiger partial charge is 0.118 e. The third-order valence-electron chi connectivity index (χ3n) is 4.60. The molecule has 0 spiro atoms. The first kappa shape index (κ1) is 12.9. The number of hydrogen-bond acceptors (Lipinski definition) is 3. The van der Waals surface area contributed by atoms with Gasteiger partial charge in [-0.2, -0.15) is 0 Å². The maximum atomic E-state index is 5.27. The molecule has 0 radical (unpaired) electrons. The van der Waals surface area contributed by atoms with E-state index in [9.17, 15) is 0 Å². The number of hydrogen-bond donors (Lipinski definition) is 1. The van der Waals surface area contributed by atoms with Crippen LogP contribution in [0, 0.1) is 5.92 Å². The molecule has 1 N–H and O–H groups in total. The molecule has 0 bridgehead atoms. The quantitative estimate of drug-likeness (QED) is 0.900. The summed E-state index contributed by atoms with van der Waals surface area (Å²) < 4.78 is 5.27.